The van der Waals surface area contributed by atoms with Crippen LogP contribution < -0.4 is 5.32 Å². The van der Waals surface area contributed by atoms with Crippen molar-refractivity contribution in [3.8, 4) is 0 Å². The molecule has 3 aromatic rings. The Kier molecular flexibility index (Phi) is 4.14. The number of aromatic nitrogens is 3. The molecule has 21 heavy (non-hydrogen) atoms. The number of hydrogen-bond acceptors (Lipinski definition) is 3. The van der Waals surface area contributed by atoms with E-state index in [1.54, 1.807) is 0 Å². The van der Waals surface area contributed by atoms with Crippen molar-refractivity contribution < 1.29 is 4.79 Å². The summed E-state index contributed by atoms with van der Waals surface area (Å²) >= 11 is 2.16. The molecule has 2 heterocycles. The van der Waals surface area contributed by atoms with Gasteiger partial charge in [0, 0.05) is 22.7 Å². The highest BCUT2D eigenvalue weighted by atomic mass is 127. The van der Waals surface area contributed by atoms with Crippen LogP contribution in [0.5, 0.6) is 0 Å². The molecule has 0 atom stereocenters. The Morgan fingerprint density at radius 3 is 2.81 bits per heavy atom. The van der Waals surface area contributed by atoms with Crippen LogP contribution in [0.15, 0.2) is 48.7 Å². The summed E-state index contributed by atoms with van der Waals surface area (Å²) in [6.07, 6.45) is 2.56. The van der Waals surface area contributed by atoms with E-state index in [0.29, 0.717) is 18.5 Å². The first kappa shape index (κ1) is 14.0. The van der Waals surface area contributed by atoms with Gasteiger partial charge in [0.05, 0.1) is 5.56 Å². The van der Waals surface area contributed by atoms with Crippen LogP contribution in [-0.2, 0) is 6.42 Å². The molecule has 2 aromatic heterocycles. The predicted molar refractivity (Wildman–Crippen MR) is 88.2 cm³/mol. The summed E-state index contributed by atoms with van der Waals surface area (Å²) in [6.45, 7) is 0.527. The van der Waals surface area contributed by atoms with Crippen LogP contribution in [0.25, 0.3) is 5.65 Å². The first-order chi connectivity index (χ1) is 10.3. The number of carbonyl (C=O) groups is 1. The number of carbonyl (C=O) groups excluding carboxylic acids is 1. The fourth-order valence-corrected chi connectivity index (χ4v) is 2.72. The van der Waals surface area contributed by atoms with E-state index in [0.717, 1.165) is 15.0 Å². The van der Waals surface area contributed by atoms with Gasteiger partial charge in [-0.3, -0.25) is 9.20 Å². The number of halogens is 1. The third kappa shape index (κ3) is 3.05. The van der Waals surface area contributed by atoms with Gasteiger partial charge in [-0.15, -0.1) is 10.2 Å². The smallest absolute Gasteiger partial charge is 0.252 e. The van der Waals surface area contributed by atoms with Gasteiger partial charge >= 0.3 is 0 Å². The molecule has 1 N–H and O–H groups in total. The Morgan fingerprint density at radius 2 is 1.95 bits per heavy atom. The predicted octanol–water partition coefficient (Wildman–Crippen LogP) is 2.31. The van der Waals surface area contributed by atoms with E-state index < -0.39 is 0 Å². The number of rotatable bonds is 4. The minimum Gasteiger partial charge on any atom is -0.352 e. The highest BCUT2D eigenvalue weighted by molar-refractivity contribution is 14.1. The molecule has 0 saturated heterocycles. The lowest BCUT2D eigenvalue weighted by Gasteiger charge is -2.06. The van der Waals surface area contributed by atoms with Crippen molar-refractivity contribution in [1.82, 2.24) is 19.9 Å². The molecule has 1 aromatic carbocycles. The van der Waals surface area contributed by atoms with Crippen LogP contribution in [0, 0.1) is 3.57 Å². The molecule has 0 spiro atoms. The molecule has 0 saturated carbocycles. The minimum absolute atomic E-state index is 0.0613. The summed E-state index contributed by atoms with van der Waals surface area (Å²) < 4.78 is 2.87. The standard InChI is InChI=1S/C15H13IN4O/c16-12-6-2-1-5-11(12)15(21)17-9-8-14-19-18-13-7-3-4-10-20(13)14/h1-7,10H,8-9H2,(H,17,21). The average Bonchev–Trinajstić information content (AvgIpc) is 2.91. The monoisotopic (exact) mass is 392 g/mol. The van der Waals surface area contributed by atoms with Crippen molar-refractivity contribution >= 4 is 34.1 Å². The van der Waals surface area contributed by atoms with Crippen LogP contribution >= 0.6 is 22.6 Å². The molecule has 6 heteroatoms. The SMILES string of the molecule is O=C(NCCc1nnc2ccccn12)c1ccccc1I. The van der Waals surface area contributed by atoms with Crippen molar-refractivity contribution in [2.24, 2.45) is 0 Å². The fourth-order valence-electron chi connectivity index (χ4n) is 2.09. The van der Waals surface area contributed by atoms with E-state index in [9.17, 15) is 4.79 Å². The van der Waals surface area contributed by atoms with E-state index in [1.165, 1.54) is 0 Å². The Bertz CT molecular complexity index is 784. The van der Waals surface area contributed by atoms with Gasteiger partial charge < -0.3 is 5.32 Å². The van der Waals surface area contributed by atoms with Crippen LogP contribution in [0.3, 0.4) is 0 Å². The second-order valence-corrected chi connectivity index (χ2v) is 5.69. The molecule has 0 fully saturated rings. The van der Waals surface area contributed by atoms with Crippen LogP contribution in [0.4, 0.5) is 0 Å². The number of hydrogen-bond donors (Lipinski definition) is 1. The fraction of sp³-hybridized carbons (Fsp3) is 0.133. The van der Waals surface area contributed by atoms with E-state index in [-0.39, 0.29) is 5.91 Å². The Labute approximate surface area is 135 Å². The maximum absolute atomic E-state index is 12.1. The topological polar surface area (TPSA) is 59.3 Å². The average molecular weight is 392 g/mol. The van der Waals surface area contributed by atoms with Crippen molar-refractivity contribution in [1.29, 1.82) is 0 Å². The van der Waals surface area contributed by atoms with Crippen molar-refractivity contribution in [2.75, 3.05) is 6.54 Å². The zero-order chi connectivity index (χ0) is 14.7. The second kappa shape index (κ2) is 6.21. The highest BCUT2D eigenvalue weighted by Crippen LogP contribution is 2.11. The van der Waals surface area contributed by atoms with Gasteiger partial charge in [0.2, 0.25) is 0 Å². The molecule has 5 nitrogen and oxygen atoms in total. The molecule has 0 aliphatic rings. The number of nitrogens with zero attached hydrogens (tertiary/aromatic N) is 3. The highest BCUT2D eigenvalue weighted by Gasteiger charge is 2.09. The molecule has 3 rings (SSSR count). The summed E-state index contributed by atoms with van der Waals surface area (Å²) in [5.41, 5.74) is 1.51. The van der Waals surface area contributed by atoms with E-state index in [4.69, 9.17) is 0 Å². The lowest BCUT2D eigenvalue weighted by molar-refractivity contribution is 0.0953. The van der Waals surface area contributed by atoms with Gasteiger partial charge in [-0.25, -0.2) is 0 Å². The summed E-state index contributed by atoms with van der Waals surface area (Å²) in [6, 6.07) is 13.3. The number of benzene rings is 1. The van der Waals surface area contributed by atoms with Gasteiger partial charge in [0.1, 0.15) is 5.82 Å². The maximum atomic E-state index is 12.1. The molecule has 0 unspecified atom stereocenters. The van der Waals surface area contributed by atoms with Crippen LogP contribution in [0.2, 0.25) is 0 Å². The van der Waals surface area contributed by atoms with Gasteiger partial charge in [-0.1, -0.05) is 18.2 Å². The van der Waals surface area contributed by atoms with Crippen molar-refractivity contribution in [3.05, 3.63) is 63.6 Å². The van der Waals surface area contributed by atoms with Crippen molar-refractivity contribution in [3.63, 3.8) is 0 Å². The molecular weight excluding hydrogens is 379 g/mol. The number of pyridine rings is 1. The Hall–Kier alpha value is -1.96. The van der Waals surface area contributed by atoms with Gasteiger partial charge in [-0.2, -0.15) is 0 Å². The van der Waals surface area contributed by atoms with E-state index >= 15 is 0 Å². The number of nitrogens with one attached hydrogen (secondary N) is 1. The number of amides is 1. The van der Waals surface area contributed by atoms with Crippen molar-refractivity contribution in [2.45, 2.75) is 6.42 Å². The number of fused-ring (bicyclic) bond motifs is 1. The second-order valence-electron chi connectivity index (χ2n) is 4.53. The molecule has 106 valence electrons. The first-order valence-corrected chi connectivity index (χ1v) is 7.65. The minimum atomic E-state index is -0.0613. The van der Waals surface area contributed by atoms with Crippen LogP contribution in [0.1, 0.15) is 16.2 Å². The zero-order valence-corrected chi connectivity index (χ0v) is 13.3. The van der Waals surface area contributed by atoms with Gasteiger partial charge in [0.15, 0.2) is 5.65 Å². The van der Waals surface area contributed by atoms with Gasteiger partial charge in [0.25, 0.3) is 5.91 Å². The lowest BCUT2D eigenvalue weighted by Crippen LogP contribution is -2.26. The molecule has 0 aliphatic heterocycles. The third-order valence-corrected chi connectivity index (χ3v) is 4.08. The summed E-state index contributed by atoms with van der Waals surface area (Å²) in [5, 5.41) is 11.1. The molecule has 0 radical (unpaired) electrons. The molecule has 0 aliphatic carbocycles. The van der Waals surface area contributed by atoms with Gasteiger partial charge in [-0.05, 0) is 46.9 Å². The summed E-state index contributed by atoms with van der Waals surface area (Å²) in [7, 11) is 0. The lowest BCUT2D eigenvalue weighted by atomic mass is 10.2. The molecule has 0 bridgehead atoms. The normalized spacial score (nSPS) is 10.7. The maximum Gasteiger partial charge on any atom is 0.252 e. The first-order valence-electron chi connectivity index (χ1n) is 6.57. The van der Waals surface area contributed by atoms with E-state index in [1.807, 2.05) is 53.1 Å². The Balaban J connectivity index is 1.64. The largest absolute Gasteiger partial charge is 0.352 e. The summed E-state index contributed by atoms with van der Waals surface area (Å²) in [4.78, 5) is 12.1. The zero-order valence-electron chi connectivity index (χ0n) is 11.2. The molecular formula is C15H13IN4O. The quantitative estimate of drug-likeness (QED) is 0.694. The summed E-state index contributed by atoms with van der Waals surface area (Å²) in [5.74, 6) is 0.780. The molecule has 1 amide bonds. The third-order valence-electron chi connectivity index (χ3n) is 3.14. The van der Waals surface area contributed by atoms with E-state index in [2.05, 4.69) is 38.1 Å². The Morgan fingerprint density at radius 1 is 1.14 bits per heavy atom. The van der Waals surface area contributed by atoms with Crippen LogP contribution in [-0.4, -0.2) is 27.0 Å².